The zero-order valence-electron chi connectivity index (χ0n) is 22.8. The van der Waals surface area contributed by atoms with Gasteiger partial charge in [0, 0.05) is 35.4 Å². The van der Waals surface area contributed by atoms with Gasteiger partial charge in [-0.1, -0.05) is 6.07 Å². The highest BCUT2D eigenvalue weighted by atomic mass is 19.1. The molecule has 2 aromatic carbocycles. The number of nitrogens with one attached hydrogen (secondary N) is 1. The van der Waals surface area contributed by atoms with Gasteiger partial charge in [0.2, 0.25) is 5.95 Å². The van der Waals surface area contributed by atoms with E-state index < -0.39 is 11.6 Å². The normalized spacial score (nSPS) is 16.5. The Hall–Kier alpha value is -3.37. The van der Waals surface area contributed by atoms with Crippen molar-refractivity contribution in [3.05, 3.63) is 59.5 Å². The van der Waals surface area contributed by atoms with E-state index in [4.69, 9.17) is 4.74 Å². The largest absolute Gasteiger partial charge is 0.486 e. The van der Waals surface area contributed by atoms with Crippen LogP contribution >= 0.6 is 0 Å². The Morgan fingerprint density at radius 1 is 1.03 bits per heavy atom. The molecule has 0 atom stereocenters. The molecular formula is C29H35F3N6O. The second kappa shape index (κ2) is 11.4. The Bertz CT molecular complexity index is 1330. The van der Waals surface area contributed by atoms with E-state index in [0.717, 1.165) is 32.1 Å². The maximum absolute atomic E-state index is 15.0. The van der Waals surface area contributed by atoms with Crippen molar-refractivity contribution < 1.29 is 17.9 Å². The third-order valence-electron chi connectivity index (χ3n) is 7.54. The van der Waals surface area contributed by atoms with Crippen molar-refractivity contribution in [2.45, 2.75) is 45.3 Å². The van der Waals surface area contributed by atoms with Crippen LogP contribution in [0, 0.1) is 17.5 Å². The van der Waals surface area contributed by atoms with Gasteiger partial charge < -0.3 is 19.9 Å². The van der Waals surface area contributed by atoms with E-state index in [1.165, 1.54) is 12.1 Å². The lowest BCUT2D eigenvalue weighted by Crippen LogP contribution is -2.41. The van der Waals surface area contributed by atoms with Gasteiger partial charge >= 0.3 is 0 Å². The van der Waals surface area contributed by atoms with Gasteiger partial charge in [0.25, 0.3) is 0 Å². The van der Waals surface area contributed by atoms with E-state index >= 15 is 0 Å². The van der Waals surface area contributed by atoms with Gasteiger partial charge in [-0.2, -0.15) is 0 Å². The van der Waals surface area contributed by atoms with Crippen LogP contribution in [-0.4, -0.2) is 72.2 Å². The molecule has 7 nitrogen and oxygen atoms in total. The molecule has 0 spiro atoms. The molecule has 0 amide bonds. The molecule has 3 heterocycles. The van der Waals surface area contributed by atoms with Crippen molar-refractivity contribution in [1.82, 2.24) is 19.8 Å². The van der Waals surface area contributed by atoms with Crippen molar-refractivity contribution in [3.8, 4) is 17.0 Å². The minimum atomic E-state index is -0.688. The number of rotatable bonds is 7. The van der Waals surface area contributed by atoms with Crippen LogP contribution in [0.2, 0.25) is 0 Å². The summed E-state index contributed by atoms with van der Waals surface area (Å²) in [6.07, 6.45) is 3.16. The Labute approximate surface area is 227 Å². The smallest absolute Gasteiger partial charge is 0.227 e. The van der Waals surface area contributed by atoms with Crippen molar-refractivity contribution in [2.24, 2.45) is 0 Å². The molecule has 5 rings (SSSR count). The first kappa shape index (κ1) is 27.2. The molecule has 0 bridgehead atoms. The Morgan fingerprint density at radius 2 is 1.79 bits per heavy atom. The summed E-state index contributed by atoms with van der Waals surface area (Å²) in [6.45, 7) is 7.39. The van der Waals surface area contributed by atoms with Gasteiger partial charge in [-0.25, -0.2) is 23.1 Å². The predicted molar refractivity (Wildman–Crippen MR) is 147 cm³/mol. The Kier molecular flexibility index (Phi) is 7.95. The summed E-state index contributed by atoms with van der Waals surface area (Å²) in [5.74, 6) is -1.36. The number of nitrogens with zero attached hydrogens (tertiary/aromatic N) is 5. The first-order chi connectivity index (χ1) is 18.7. The van der Waals surface area contributed by atoms with E-state index in [9.17, 15) is 13.2 Å². The lowest BCUT2D eigenvalue weighted by Gasteiger charge is -2.35. The van der Waals surface area contributed by atoms with Crippen molar-refractivity contribution in [3.63, 3.8) is 0 Å². The number of fused-ring (bicyclic) bond motifs is 1. The highest BCUT2D eigenvalue weighted by Gasteiger charge is 2.26. The van der Waals surface area contributed by atoms with E-state index in [1.807, 2.05) is 18.7 Å². The Balaban J connectivity index is 1.33. The van der Waals surface area contributed by atoms with Gasteiger partial charge in [-0.15, -0.1) is 0 Å². The lowest BCUT2D eigenvalue weighted by atomic mass is 10.0. The van der Waals surface area contributed by atoms with Gasteiger partial charge in [-0.05, 0) is 78.1 Å². The van der Waals surface area contributed by atoms with E-state index in [1.54, 1.807) is 18.2 Å². The quantitative estimate of drug-likeness (QED) is 0.429. The zero-order chi connectivity index (χ0) is 27.7. The second-order valence-corrected chi connectivity index (χ2v) is 10.7. The van der Waals surface area contributed by atoms with Crippen LogP contribution in [-0.2, 0) is 6.54 Å². The molecule has 208 valence electrons. The molecule has 1 N–H and O–H groups in total. The van der Waals surface area contributed by atoms with E-state index in [-0.39, 0.29) is 34.8 Å². The van der Waals surface area contributed by atoms with Crippen LogP contribution < -0.4 is 15.0 Å². The average molecular weight is 541 g/mol. The molecule has 1 saturated heterocycles. The molecular weight excluding hydrogens is 505 g/mol. The molecule has 1 aromatic heterocycles. The van der Waals surface area contributed by atoms with Crippen LogP contribution in [0.25, 0.3) is 11.3 Å². The summed E-state index contributed by atoms with van der Waals surface area (Å²) in [5.41, 5.74) is 1.83. The number of hydrogen-bond donors (Lipinski definition) is 1. The summed E-state index contributed by atoms with van der Waals surface area (Å²) in [4.78, 5) is 14.9. The summed E-state index contributed by atoms with van der Waals surface area (Å²) in [6, 6.07) is 8.48. The number of aromatic nitrogens is 2. The summed E-state index contributed by atoms with van der Waals surface area (Å²) >= 11 is 0. The first-order valence-corrected chi connectivity index (χ1v) is 13.4. The zero-order valence-corrected chi connectivity index (χ0v) is 22.8. The molecule has 39 heavy (non-hydrogen) atoms. The van der Waals surface area contributed by atoms with Gasteiger partial charge in [0.1, 0.15) is 18.1 Å². The van der Waals surface area contributed by atoms with E-state index in [0.29, 0.717) is 42.7 Å². The third kappa shape index (κ3) is 5.96. The molecule has 0 saturated carbocycles. The average Bonchev–Trinajstić information content (AvgIpc) is 2.91. The van der Waals surface area contributed by atoms with Crippen LogP contribution in [0.4, 0.5) is 30.5 Å². The standard InChI is InChI=1S/C29H35F3N6O/c1-18(2)38-11-12-39-28-24(31)13-20(14-26(28)38)27-25(32)16-33-29(35-27)34-21-6-5-19(23(30)15-21)17-37-9-7-22(8-10-37)36(3)4/h5-6,13-16,18,22H,7-12,17H2,1-4H3,(H,33,34,35). The SMILES string of the molecule is CC(C)N1CCOc2c(F)cc(-c3nc(Nc4ccc(CN5CCC(N(C)C)CC5)c(F)c4)ncc3F)cc21. The predicted octanol–water partition coefficient (Wildman–Crippen LogP) is 5.44. The number of benzene rings is 2. The lowest BCUT2D eigenvalue weighted by molar-refractivity contribution is 0.139. The molecule has 0 aliphatic carbocycles. The first-order valence-electron chi connectivity index (χ1n) is 13.4. The fourth-order valence-corrected chi connectivity index (χ4v) is 5.32. The number of ether oxygens (including phenoxy) is 1. The molecule has 3 aromatic rings. The molecule has 0 radical (unpaired) electrons. The van der Waals surface area contributed by atoms with Crippen molar-refractivity contribution in [1.29, 1.82) is 0 Å². The molecule has 2 aliphatic heterocycles. The summed E-state index contributed by atoms with van der Waals surface area (Å²) in [5, 5.41) is 2.96. The topological polar surface area (TPSA) is 56.8 Å². The fraction of sp³-hybridized carbons (Fsp3) is 0.448. The number of halogens is 3. The van der Waals surface area contributed by atoms with Crippen molar-refractivity contribution >= 4 is 17.3 Å². The maximum atomic E-state index is 15.0. The number of likely N-dealkylation sites (tertiary alicyclic amines) is 1. The molecule has 2 aliphatic rings. The number of anilines is 3. The van der Waals surface area contributed by atoms with E-state index in [2.05, 4.69) is 39.2 Å². The van der Waals surface area contributed by atoms with Crippen LogP contribution in [0.3, 0.4) is 0 Å². The summed E-state index contributed by atoms with van der Waals surface area (Å²) in [7, 11) is 4.19. The van der Waals surface area contributed by atoms with Crippen molar-refractivity contribution in [2.75, 3.05) is 50.6 Å². The van der Waals surface area contributed by atoms with Gasteiger partial charge in [-0.3, -0.25) is 4.90 Å². The second-order valence-electron chi connectivity index (χ2n) is 10.7. The highest BCUT2D eigenvalue weighted by molar-refractivity contribution is 5.73. The number of piperidine rings is 1. The highest BCUT2D eigenvalue weighted by Crippen LogP contribution is 2.39. The maximum Gasteiger partial charge on any atom is 0.227 e. The van der Waals surface area contributed by atoms with Gasteiger partial charge in [0.15, 0.2) is 17.4 Å². The molecule has 10 heteroatoms. The van der Waals surface area contributed by atoms with Gasteiger partial charge in [0.05, 0.1) is 18.4 Å². The molecule has 1 fully saturated rings. The Morgan fingerprint density at radius 3 is 2.49 bits per heavy atom. The van der Waals surface area contributed by atoms with Crippen LogP contribution in [0.1, 0.15) is 32.3 Å². The summed E-state index contributed by atoms with van der Waals surface area (Å²) < 4.78 is 50.3. The third-order valence-corrected chi connectivity index (χ3v) is 7.54. The number of hydrogen-bond acceptors (Lipinski definition) is 7. The minimum Gasteiger partial charge on any atom is -0.486 e. The monoisotopic (exact) mass is 540 g/mol. The van der Waals surface area contributed by atoms with Crippen LogP contribution in [0.5, 0.6) is 5.75 Å². The van der Waals surface area contributed by atoms with Crippen LogP contribution in [0.15, 0.2) is 36.5 Å². The molecule has 0 unspecified atom stereocenters. The fourth-order valence-electron chi connectivity index (χ4n) is 5.32. The minimum absolute atomic E-state index is 0.0540.